The summed E-state index contributed by atoms with van der Waals surface area (Å²) in [6, 6.07) is 5.80. The van der Waals surface area contributed by atoms with E-state index in [0.29, 0.717) is 12.2 Å². The van der Waals surface area contributed by atoms with E-state index in [4.69, 9.17) is 20.4 Å². The average Bonchev–Trinajstić information content (AvgIpc) is 3.14. The molecule has 0 unspecified atom stereocenters. The Morgan fingerprint density at radius 3 is 2.58 bits per heavy atom. The van der Waals surface area contributed by atoms with Crippen molar-refractivity contribution in [1.82, 2.24) is 20.2 Å². The van der Waals surface area contributed by atoms with Crippen LogP contribution in [-0.2, 0) is 4.74 Å². The number of carbonyl (C=O) groups excluding carboxylic acids is 1. The molecule has 0 spiro atoms. The van der Waals surface area contributed by atoms with Gasteiger partial charge in [-0.25, -0.2) is 9.78 Å². The zero-order valence-corrected chi connectivity index (χ0v) is 18.9. The van der Waals surface area contributed by atoms with Gasteiger partial charge in [0.1, 0.15) is 11.4 Å². The van der Waals surface area contributed by atoms with Crippen LogP contribution in [0.5, 0.6) is 0 Å². The third kappa shape index (κ3) is 5.10. The Balaban J connectivity index is 1.57. The van der Waals surface area contributed by atoms with Crippen molar-refractivity contribution in [3.63, 3.8) is 0 Å². The topological polar surface area (TPSA) is 99.8 Å². The third-order valence-corrected chi connectivity index (χ3v) is 5.68. The number of hydrogen-bond acceptors (Lipinski definition) is 8. The molecule has 1 amide bonds. The molecule has 0 bridgehead atoms. The molecule has 2 aromatic rings. The van der Waals surface area contributed by atoms with Gasteiger partial charge in [0.15, 0.2) is 0 Å². The number of piperazine rings is 1. The molecule has 1 atom stereocenters. The highest BCUT2D eigenvalue weighted by Crippen LogP contribution is 2.30. The molecule has 31 heavy (non-hydrogen) atoms. The number of nitrogens with two attached hydrogens (primary N) is 1. The van der Waals surface area contributed by atoms with E-state index >= 15 is 0 Å². The number of nitrogens with zero attached hydrogens (tertiary/aromatic N) is 5. The van der Waals surface area contributed by atoms with E-state index in [-0.39, 0.29) is 12.1 Å². The third-order valence-electron chi connectivity index (χ3n) is 5.68. The van der Waals surface area contributed by atoms with E-state index in [1.165, 1.54) is 0 Å². The van der Waals surface area contributed by atoms with Crippen molar-refractivity contribution in [3.05, 3.63) is 18.2 Å². The maximum absolute atomic E-state index is 12.2. The molecule has 1 aromatic carbocycles. The number of likely N-dealkylation sites (N-methyl/N-ethyl adjacent to an activating group) is 1. The van der Waals surface area contributed by atoms with E-state index in [0.717, 1.165) is 61.8 Å². The monoisotopic (exact) mass is 427 g/mol. The first-order valence-electron chi connectivity index (χ1n) is 10.9. The standard InChI is InChI=1S/C22H33N7O2/c1-22(2,3)31-21(30)24-16-7-8-29(14-16)19-17-6-5-15(23)13-18(17)25-20(26-19)28-11-9-27(4)10-12-28/h5-6,13,16H,7-12,14,23H2,1-4H3,(H,24,30)/t16-/m1/s1. The van der Waals surface area contributed by atoms with Gasteiger partial charge in [0.25, 0.3) is 0 Å². The predicted octanol–water partition coefficient (Wildman–Crippen LogP) is 2.07. The van der Waals surface area contributed by atoms with Gasteiger partial charge in [-0.05, 0) is 52.4 Å². The molecule has 0 saturated carbocycles. The van der Waals surface area contributed by atoms with E-state index < -0.39 is 5.60 Å². The Hall–Kier alpha value is -2.81. The number of alkyl carbamates (subject to hydrolysis) is 1. The number of aromatic nitrogens is 2. The molecular weight excluding hydrogens is 394 g/mol. The lowest BCUT2D eigenvalue weighted by Crippen LogP contribution is -2.45. The summed E-state index contributed by atoms with van der Waals surface area (Å²) >= 11 is 0. The maximum atomic E-state index is 12.2. The fourth-order valence-corrected chi connectivity index (χ4v) is 4.05. The molecule has 2 saturated heterocycles. The smallest absolute Gasteiger partial charge is 0.407 e. The molecule has 9 heteroatoms. The Kier molecular flexibility index (Phi) is 5.79. The summed E-state index contributed by atoms with van der Waals surface area (Å²) in [5, 5.41) is 3.97. The van der Waals surface area contributed by atoms with Crippen LogP contribution in [-0.4, -0.2) is 78.9 Å². The van der Waals surface area contributed by atoms with Gasteiger partial charge in [0, 0.05) is 50.3 Å². The second-order valence-electron chi connectivity index (χ2n) is 9.49. The lowest BCUT2D eigenvalue weighted by molar-refractivity contribution is 0.0509. The Morgan fingerprint density at radius 2 is 1.87 bits per heavy atom. The van der Waals surface area contributed by atoms with Crippen molar-refractivity contribution in [2.24, 2.45) is 0 Å². The van der Waals surface area contributed by atoms with E-state index in [9.17, 15) is 4.79 Å². The fourth-order valence-electron chi connectivity index (χ4n) is 4.05. The lowest BCUT2D eigenvalue weighted by Gasteiger charge is -2.33. The van der Waals surface area contributed by atoms with Crippen LogP contribution in [0, 0.1) is 0 Å². The molecule has 2 fully saturated rings. The number of nitrogens with one attached hydrogen (secondary N) is 1. The Bertz CT molecular complexity index is 951. The number of benzene rings is 1. The van der Waals surface area contributed by atoms with Crippen LogP contribution < -0.4 is 20.9 Å². The molecule has 9 nitrogen and oxygen atoms in total. The minimum atomic E-state index is -0.511. The highest BCUT2D eigenvalue weighted by molar-refractivity contribution is 5.92. The SMILES string of the molecule is CN1CCN(c2nc(N3CC[C@@H](NC(=O)OC(C)(C)C)C3)c3ccc(N)cc3n2)CC1. The van der Waals surface area contributed by atoms with Gasteiger partial charge < -0.3 is 30.5 Å². The van der Waals surface area contributed by atoms with Gasteiger partial charge in [-0.3, -0.25) is 0 Å². The van der Waals surface area contributed by atoms with E-state index in [1.54, 1.807) is 0 Å². The molecule has 3 N–H and O–H groups in total. The largest absolute Gasteiger partial charge is 0.444 e. The van der Waals surface area contributed by atoms with Crippen LogP contribution in [0.1, 0.15) is 27.2 Å². The van der Waals surface area contributed by atoms with Crippen molar-refractivity contribution in [1.29, 1.82) is 0 Å². The van der Waals surface area contributed by atoms with Crippen molar-refractivity contribution < 1.29 is 9.53 Å². The van der Waals surface area contributed by atoms with Crippen LogP contribution in [0.15, 0.2) is 18.2 Å². The van der Waals surface area contributed by atoms with Gasteiger partial charge in [0.2, 0.25) is 5.95 Å². The van der Waals surface area contributed by atoms with Crippen LogP contribution in [0.4, 0.5) is 22.2 Å². The predicted molar refractivity (Wildman–Crippen MR) is 124 cm³/mol. The van der Waals surface area contributed by atoms with E-state index in [1.807, 2.05) is 39.0 Å². The van der Waals surface area contributed by atoms with Gasteiger partial charge in [-0.2, -0.15) is 4.98 Å². The van der Waals surface area contributed by atoms with Crippen molar-refractivity contribution in [3.8, 4) is 0 Å². The molecule has 3 heterocycles. The minimum absolute atomic E-state index is 0.0146. The van der Waals surface area contributed by atoms with Crippen LogP contribution in [0.3, 0.4) is 0 Å². The molecule has 2 aliphatic rings. The van der Waals surface area contributed by atoms with Gasteiger partial charge in [0.05, 0.1) is 11.6 Å². The maximum Gasteiger partial charge on any atom is 0.407 e. The number of fused-ring (bicyclic) bond motifs is 1. The van der Waals surface area contributed by atoms with Gasteiger partial charge >= 0.3 is 6.09 Å². The second-order valence-corrected chi connectivity index (χ2v) is 9.49. The molecular formula is C22H33N7O2. The second kappa shape index (κ2) is 8.37. The number of ether oxygens (including phenoxy) is 1. The molecule has 2 aliphatic heterocycles. The van der Waals surface area contributed by atoms with E-state index in [2.05, 4.69) is 27.1 Å². The van der Waals surface area contributed by atoms with Crippen molar-refractivity contribution >= 4 is 34.4 Å². The normalized spacial score (nSPS) is 20.3. The van der Waals surface area contributed by atoms with Crippen molar-refractivity contribution in [2.75, 3.05) is 61.8 Å². The summed E-state index contributed by atoms with van der Waals surface area (Å²) in [7, 11) is 2.13. The van der Waals surface area contributed by atoms with Gasteiger partial charge in [-0.15, -0.1) is 0 Å². The number of hydrogen-bond donors (Lipinski definition) is 2. The first-order chi connectivity index (χ1) is 14.7. The summed E-state index contributed by atoms with van der Waals surface area (Å²) in [5.41, 5.74) is 7.07. The first-order valence-corrected chi connectivity index (χ1v) is 10.9. The Morgan fingerprint density at radius 1 is 1.13 bits per heavy atom. The number of rotatable bonds is 3. The number of anilines is 3. The number of nitrogen functional groups attached to an aromatic ring is 1. The highest BCUT2D eigenvalue weighted by Gasteiger charge is 2.29. The molecule has 168 valence electrons. The van der Waals surface area contributed by atoms with Crippen molar-refractivity contribution in [2.45, 2.75) is 38.8 Å². The highest BCUT2D eigenvalue weighted by atomic mass is 16.6. The minimum Gasteiger partial charge on any atom is -0.444 e. The molecule has 4 rings (SSSR count). The zero-order chi connectivity index (χ0) is 22.2. The quantitative estimate of drug-likeness (QED) is 0.718. The average molecular weight is 428 g/mol. The summed E-state index contributed by atoms with van der Waals surface area (Å²) in [6.45, 7) is 10.8. The lowest BCUT2D eigenvalue weighted by atomic mass is 10.2. The molecule has 0 aliphatic carbocycles. The Labute approximate surface area is 183 Å². The molecule has 1 aromatic heterocycles. The van der Waals surface area contributed by atoms with Gasteiger partial charge in [-0.1, -0.05) is 0 Å². The molecule has 0 radical (unpaired) electrons. The number of amides is 1. The fraction of sp³-hybridized carbons (Fsp3) is 0.591. The first kappa shape index (κ1) is 21.4. The van der Waals surface area contributed by atoms with Crippen LogP contribution in [0.25, 0.3) is 10.9 Å². The van der Waals surface area contributed by atoms with Crippen LogP contribution >= 0.6 is 0 Å². The zero-order valence-electron chi connectivity index (χ0n) is 18.9. The summed E-state index contributed by atoms with van der Waals surface area (Å²) in [5.74, 6) is 1.64. The summed E-state index contributed by atoms with van der Waals surface area (Å²) in [6.07, 6.45) is 0.460. The summed E-state index contributed by atoms with van der Waals surface area (Å²) in [4.78, 5) is 28.8. The van der Waals surface area contributed by atoms with Crippen LogP contribution in [0.2, 0.25) is 0 Å². The number of carbonyl (C=O) groups is 1. The summed E-state index contributed by atoms with van der Waals surface area (Å²) < 4.78 is 5.41.